The molecule has 0 atom stereocenters. The minimum Gasteiger partial charge on any atom is -0.398 e. The zero-order chi connectivity index (χ0) is 9.90. The molecule has 0 saturated carbocycles. The number of hydrogen-bond donors (Lipinski definition) is 1. The van der Waals surface area contributed by atoms with Crippen LogP contribution in [-0.2, 0) is 19.1 Å². The molecule has 0 aromatic heterocycles. The van der Waals surface area contributed by atoms with Gasteiger partial charge in [0.1, 0.15) is 0 Å². The Labute approximate surface area is 75.6 Å². The summed E-state index contributed by atoms with van der Waals surface area (Å²) in [4.78, 5) is 21.8. The predicted octanol–water partition coefficient (Wildman–Crippen LogP) is 0.313. The van der Waals surface area contributed by atoms with Gasteiger partial charge in [-0.3, -0.25) is 9.59 Å². The van der Waals surface area contributed by atoms with Crippen molar-refractivity contribution in [2.75, 3.05) is 0 Å². The molecule has 0 amide bonds. The van der Waals surface area contributed by atoms with E-state index in [0.717, 1.165) is 0 Å². The third kappa shape index (κ3) is 2.69. The number of aliphatic hydroxyl groups is 1. The second kappa shape index (κ2) is 3.74. The quantitative estimate of drug-likeness (QED) is 0.631. The standard InChI is InChI=1S/C8H12O5/c1-2-5-8(11)12-6(9)3-4-7(10)13-8/h11H,2-5H2,1H3. The average molecular weight is 188 g/mol. The van der Waals surface area contributed by atoms with E-state index in [9.17, 15) is 14.7 Å². The van der Waals surface area contributed by atoms with Gasteiger partial charge in [0.15, 0.2) is 0 Å². The molecule has 1 N–H and O–H groups in total. The van der Waals surface area contributed by atoms with Crippen molar-refractivity contribution in [2.45, 2.75) is 38.6 Å². The van der Waals surface area contributed by atoms with E-state index in [1.165, 1.54) is 0 Å². The summed E-state index contributed by atoms with van der Waals surface area (Å²) in [5.74, 6) is -3.26. The number of carbonyl (C=O) groups excluding carboxylic acids is 2. The Kier molecular flexibility index (Phi) is 2.87. The van der Waals surface area contributed by atoms with Crippen LogP contribution in [0.3, 0.4) is 0 Å². The Morgan fingerprint density at radius 2 is 1.77 bits per heavy atom. The van der Waals surface area contributed by atoms with E-state index >= 15 is 0 Å². The van der Waals surface area contributed by atoms with Gasteiger partial charge in [0.2, 0.25) is 0 Å². The molecule has 0 spiro atoms. The van der Waals surface area contributed by atoms with Crippen molar-refractivity contribution in [1.82, 2.24) is 0 Å². The van der Waals surface area contributed by atoms with E-state index in [4.69, 9.17) is 0 Å². The lowest BCUT2D eigenvalue weighted by molar-refractivity contribution is -0.323. The zero-order valence-electron chi connectivity index (χ0n) is 7.41. The number of hydrogen-bond acceptors (Lipinski definition) is 5. The van der Waals surface area contributed by atoms with Crippen molar-refractivity contribution in [3.63, 3.8) is 0 Å². The van der Waals surface area contributed by atoms with E-state index in [-0.39, 0.29) is 19.3 Å². The van der Waals surface area contributed by atoms with Crippen molar-refractivity contribution in [2.24, 2.45) is 0 Å². The van der Waals surface area contributed by atoms with Crippen LogP contribution in [0.1, 0.15) is 32.6 Å². The number of esters is 2. The van der Waals surface area contributed by atoms with E-state index in [0.29, 0.717) is 6.42 Å². The summed E-state index contributed by atoms with van der Waals surface area (Å²) < 4.78 is 9.17. The van der Waals surface area contributed by atoms with Crippen LogP contribution in [0.5, 0.6) is 0 Å². The van der Waals surface area contributed by atoms with E-state index in [2.05, 4.69) is 9.47 Å². The number of rotatable bonds is 2. The lowest BCUT2D eigenvalue weighted by atomic mass is 10.3. The lowest BCUT2D eigenvalue weighted by Crippen LogP contribution is -2.37. The first-order valence-corrected chi connectivity index (χ1v) is 4.22. The molecule has 1 saturated heterocycles. The largest absolute Gasteiger partial charge is 0.398 e. The fourth-order valence-corrected chi connectivity index (χ4v) is 1.10. The van der Waals surface area contributed by atoms with Gasteiger partial charge >= 0.3 is 17.9 Å². The maximum Gasteiger partial charge on any atom is 0.373 e. The van der Waals surface area contributed by atoms with Gasteiger partial charge in [-0.15, -0.1) is 0 Å². The lowest BCUT2D eigenvalue weighted by Gasteiger charge is -2.23. The summed E-state index contributed by atoms with van der Waals surface area (Å²) in [6, 6.07) is 0. The van der Waals surface area contributed by atoms with Crippen LogP contribution in [0.4, 0.5) is 0 Å². The Bertz CT molecular complexity index is 205. The maximum absolute atomic E-state index is 10.9. The zero-order valence-corrected chi connectivity index (χ0v) is 7.41. The van der Waals surface area contributed by atoms with Crippen LogP contribution < -0.4 is 0 Å². The molecule has 5 heteroatoms. The summed E-state index contributed by atoms with van der Waals surface area (Å²) in [5, 5.41) is 9.51. The predicted molar refractivity (Wildman–Crippen MR) is 41.3 cm³/mol. The molecule has 0 aromatic rings. The van der Waals surface area contributed by atoms with Gasteiger partial charge in [-0.25, -0.2) is 0 Å². The summed E-state index contributed by atoms with van der Waals surface area (Å²) in [6.07, 6.45) is 0.581. The molecule has 0 bridgehead atoms. The Morgan fingerprint density at radius 3 is 2.15 bits per heavy atom. The van der Waals surface area contributed by atoms with Gasteiger partial charge < -0.3 is 14.6 Å². The topological polar surface area (TPSA) is 72.8 Å². The molecule has 5 nitrogen and oxygen atoms in total. The van der Waals surface area contributed by atoms with Crippen LogP contribution in [0.25, 0.3) is 0 Å². The highest BCUT2D eigenvalue weighted by molar-refractivity contribution is 5.79. The maximum atomic E-state index is 10.9. The molecular weight excluding hydrogens is 176 g/mol. The molecule has 0 unspecified atom stereocenters. The minimum atomic E-state index is -2.04. The average Bonchev–Trinajstić information content (AvgIpc) is 2.10. The highest BCUT2D eigenvalue weighted by Crippen LogP contribution is 2.21. The fourth-order valence-electron chi connectivity index (χ4n) is 1.10. The highest BCUT2D eigenvalue weighted by atomic mass is 16.8. The molecule has 1 rings (SSSR count). The second-order valence-corrected chi connectivity index (χ2v) is 2.91. The van der Waals surface area contributed by atoms with Crippen LogP contribution in [0.15, 0.2) is 0 Å². The third-order valence-corrected chi connectivity index (χ3v) is 1.65. The molecule has 13 heavy (non-hydrogen) atoms. The molecule has 1 fully saturated rings. The monoisotopic (exact) mass is 188 g/mol. The van der Waals surface area contributed by atoms with Gasteiger partial charge in [0, 0.05) is 0 Å². The van der Waals surface area contributed by atoms with Gasteiger partial charge in [-0.2, -0.15) is 0 Å². The summed E-state index contributed by atoms with van der Waals surface area (Å²) in [6.45, 7) is 1.78. The minimum absolute atomic E-state index is 0.0368. The van der Waals surface area contributed by atoms with Gasteiger partial charge in [-0.05, 0) is 6.42 Å². The molecule has 74 valence electrons. The molecule has 0 aromatic carbocycles. The van der Waals surface area contributed by atoms with Gasteiger partial charge in [-0.1, -0.05) is 6.92 Å². The summed E-state index contributed by atoms with van der Waals surface area (Å²) in [7, 11) is 0. The first-order valence-electron chi connectivity index (χ1n) is 4.22. The van der Waals surface area contributed by atoms with Crippen molar-refractivity contribution in [3.05, 3.63) is 0 Å². The SMILES string of the molecule is CCCC1(O)OC(=O)CCC(=O)O1. The summed E-state index contributed by atoms with van der Waals surface area (Å²) in [5.41, 5.74) is 0. The van der Waals surface area contributed by atoms with Crippen molar-refractivity contribution in [1.29, 1.82) is 0 Å². The number of ether oxygens (including phenoxy) is 2. The van der Waals surface area contributed by atoms with Crippen molar-refractivity contribution < 1.29 is 24.2 Å². The normalized spacial score (nSPS) is 21.7. The smallest absolute Gasteiger partial charge is 0.373 e. The summed E-state index contributed by atoms with van der Waals surface area (Å²) >= 11 is 0. The van der Waals surface area contributed by atoms with Crippen molar-refractivity contribution >= 4 is 11.9 Å². The van der Waals surface area contributed by atoms with E-state index < -0.39 is 17.9 Å². The first kappa shape index (κ1) is 9.98. The van der Waals surface area contributed by atoms with Crippen LogP contribution in [-0.4, -0.2) is 23.0 Å². The van der Waals surface area contributed by atoms with Gasteiger partial charge in [0.25, 0.3) is 0 Å². The molecule has 0 radical (unpaired) electrons. The van der Waals surface area contributed by atoms with Crippen molar-refractivity contribution in [3.8, 4) is 0 Å². The Hall–Kier alpha value is -1.10. The molecule has 1 aliphatic rings. The van der Waals surface area contributed by atoms with Gasteiger partial charge in [0.05, 0.1) is 19.3 Å². The van der Waals surface area contributed by atoms with Crippen LogP contribution in [0, 0.1) is 0 Å². The first-order chi connectivity index (χ1) is 6.06. The Balaban J connectivity index is 2.70. The molecular formula is C8H12O5. The molecule has 0 aliphatic carbocycles. The van der Waals surface area contributed by atoms with Crippen LogP contribution >= 0.6 is 0 Å². The Morgan fingerprint density at radius 1 is 1.31 bits per heavy atom. The van der Waals surface area contributed by atoms with E-state index in [1.54, 1.807) is 6.92 Å². The third-order valence-electron chi connectivity index (χ3n) is 1.65. The number of carbonyl (C=O) groups is 2. The highest BCUT2D eigenvalue weighted by Gasteiger charge is 2.38. The van der Waals surface area contributed by atoms with E-state index in [1.807, 2.05) is 0 Å². The molecule has 1 aliphatic heterocycles. The van der Waals surface area contributed by atoms with Crippen LogP contribution in [0.2, 0.25) is 0 Å². The second-order valence-electron chi connectivity index (χ2n) is 2.91. The molecule has 1 heterocycles. The fraction of sp³-hybridized carbons (Fsp3) is 0.750. The number of cyclic esters (lactones) is 2.